The molecular weight excluding hydrogens is 424 g/mol. The van der Waals surface area contributed by atoms with Gasteiger partial charge in [-0.15, -0.1) is 10.2 Å². The van der Waals surface area contributed by atoms with Crippen LogP contribution in [0.1, 0.15) is 32.6 Å². The van der Waals surface area contributed by atoms with Crippen LogP contribution < -0.4 is 24.8 Å². The average Bonchev–Trinajstić information content (AvgIpc) is 3.36. The van der Waals surface area contributed by atoms with Crippen molar-refractivity contribution < 1.29 is 19.0 Å². The second kappa shape index (κ2) is 10.2. The maximum atomic E-state index is 12.5. The molecule has 0 atom stereocenters. The lowest BCUT2D eigenvalue weighted by molar-refractivity contribution is 0.239. The van der Waals surface area contributed by atoms with Crippen LogP contribution in [0.5, 0.6) is 23.0 Å². The van der Waals surface area contributed by atoms with Crippen LogP contribution in [-0.2, 0) is 0 Å². The van der Waals surface area contributed by atoms with Gasteiger partial charge in [0.2, 0.25) is 5.82 Å². The van der Waals surface area contributed by atoms with Crippen LogP contribution in [0.2, 0.25) is 0 Å². The molecule has 0 radical (unpaired) electrons. The number of aromatic amines is 1. The van der Waals surface area contributed by atoms with Gasteiger partial charge in [0, 0.05) is 17.8 Å². The van der Waals surface area contributed by atoms with Crippen molar-refractivity contribution in [2.45, 2.75) is 38.6 Å². The molecular formula is C23H28N6O4. The molecule has 1 aromatic heterocycles. The van der Waals surface area contributed by atoms with Gasteiger partial charge >= 0.3 is 6.03 Å². The van der Waals surface area contributed by atoms with E-state index in [1.807, 2.05) is 0 Å². The van der Waals surface area contributed by atoms with Gasteiger partial charge in [0.1, 0.15) is 11.5 Å². The van der Waals surface area contributed by atoms with Gasteiger partial charge < -0.3 is 24.8 Å². The van der Waals surface area contributed by atoms with Crippen LogP contribution in [0.15, 0.2) is 36.4 Å². The van der Waals surface area contributed by atoms with E-state index in [0.29, 0.717) is 40.1 Å². The third-order valence-electron chi connectivity index (χ3n) is 5.76. The van der Waals surface area contributed by atoms with Crippen molar-refractivity contribution in [3.63, 3.8) is 0 Å². The Morgan fingerprint density at radius 2 is 1.76 bits per heavy atom. The van der Waals surface area contributed by atoms with Crippen LogP contribution in [-0.4, -0.2) is 46.9 Å². The monoisotopic (exact) mass is 452 g/mol. The van der Waals surface area contributed by atoms with Crippen molar-refractivity contribution in [1.29, 1.82) is 0 Å². The second-order valence-corrected chi connectivity index (χ2v) is 8.12. The predicted molar refractivity (Wildman–Crippen MR) is 123 cm³/mol. The lowest BCUT2D eigenvalue weighted by Crippen LogP contribution is -2.39. The van der Waals surface area contributed by atoms with E-state index in [-0.39, 0.29) is 12.1 Å². The van der Waals surface area contributed by atoms with Crippen LogP contribution in [0.4, 0.5) is 10.5 Å². The lowest BCUT2D eigenvalue weighted by atomic mass is 9.87. The number of carbonyl (C=O) groups is 1. The van der Waals surface area contributed by atoms with Gasteiger partial charge in [0.15, 0.2) is 11.5 Å². The number of anilines is 1. The zero-order chi connectivity index (χ0) is 23.2. The summed E-state index contributed by atoms with van der Waals surface area (Å²) in [4.78, 5) is 12.5. The fourth-order valence-corrected chi connectivity index (χ4v) is 3.91. The number of nitrogens with zero attached hydrogens (tertiary/aromatic N) is 3. The first-order valence-electron chi connectivity index (χ1n) is 10.9. The number of carbonyl (C=O) groups excluding carboxylic acids is 1. The van der Waals surface area contributed by atoms with Crippen LogP contribution in [0, 0.1) is 5.92 Å². The summed E-state index contributed by atoms with van der Waals surface area (Å²) >= 11 is 0. The zero-order valence-corrected chi connectivity index (χ0v) is 18.9. The maximum absolute atomic E-state index is 12.5. The standard InChI is InChI=1S/C23H28N6O4/c1-14-4-6-15(7-5-14)24-23(30)25-16-8-10-19(18(12-16)22-26-28-29-27-22)33-17-9-11-20(31-2)21(13-17)32-3/h8-15H,4-7H2,1-3H3,(H2,24,25,30)(H,26,27,28,29)/t14-,15-. The van der Waals surface area contributed by atoms with Gasteiger partial charge in [0.05, 0.1) is 19.8 Å². The van der Waals surface area contributed by atoms with Crippen molar-refractivity contribution in [3.8, 4) is 34.4 Å². The minimum atomic E-state index is -0.234. The van der Waals surface area contributed by atoms with Gasteiger partial charge in [-0.1, -0.05) is 6.92 Å². The Bertz CT molecular complexity index is 1080. The number of aromatic nitrogens is 4. The van der Waals surface area contributed by atoms with Gasteiger partial charge in [-0.25, -0.2) is 4.79 Å². The van der Waals surface area contributed by atoms with Gasteiger partial charge in [-0.3, -0.25) is 0 Å². The van der Waals surface area contributed by atoms with E-state index < -0.39 is 0 Å². The SMILES string of the molecule is COc1ccc(Oc2ccc(NC(=O)N[C@H]3CC[C@H](C)CC3)cc2-c2nn[nH]n2)cc1OC. The summed E-state index contributed by atoms with van der Waals surface area (Å²) in [7, 11) is 3.13. The van der Waals surface area contributed by atoms with Crippen molar-refractivity contribution in [3.05, 3.63) is 36.4 Å². The molecule has 1 aliphatic rings. The highest BCUT2D eigenvalue weighted by atomic mass is 16.5. The smallest absolute Gasteiger partial charge is 0.319 e. The Morgan fingerprint density at radius 1 is 1.00 bits per heavy atom. The van der Waals surface area contributed by atoms with Crippen molar-refractivity contribution in [2.24, 2.45) is 5.92 Å². The van der Waals surface area contributed by atoms with E-state index >= 15 is 0 Å². The highest BCUT2D eigenvalue weighted by Gasteiger charge is 2.20. The van der Waals surface area contributed by atoms with Gasteiger partial charge in [0.25, 0.3) is 0 Å². The average molecular weight is 453 g/mol. The first kappa shape index (κ1) is 22.4. The van der Waals surface area contributed by atoms with Gasteiger partial charge in [-0.05, 0) is 67.1 Å². The Labute approximate surface area is 192 Å². The molecule has 1 aliphatic carbocycles. The molecule has 10 heteroatoms. The highest BCUT2D eigenvalue weighted by molar-refractivity contribution is 5.90. The van der Waals surface area contributed by atoms with Crippen LogP contribution in [0.3, 0.4) is 0 Å². The third kappa shape index (κ3) is 5.51. The van der Waals surface area contributed by atoms with Crippen molar-refractivity contribution in [2.75, 3.05) is 19.5 Å². The Kier molecular flexibility index (Phi) is 6.92. The zero-order valence-electron chi connectivity index (χ0n) is 18.9. The van der Waals surface area contributed by atoms with Crippen LogP contribution >= 0.6 is 0 Å². The molecule has 1 fully saturated rings. The Morgan fingerprint density at radius 3 is 2.45 bits per heavy atom. The normalized spacial score (nSPS) is 17.8. The Hall–Kier alpha value is -3.82. The topological polar surface area (TPSA) is 123 Å². The molecule has 3 aromatic rings. The van der Waals surface area contributed by atoms with Gasteiger partial charge in [-0.2, -0.15) is 5.21 Å². The molecule has 0 bridgehead atoms. The van der Waals surface area contributed by atoms with E-state index in [1.54, 1.807) is 50.6 Å². The number of tetrazole rings is 1. The number of rotatable bonds is 7. The molecule has 2 amide bonds. The molecule has 1 saturated carbocycles. The summed E-state index contributed by atoms with van der Waals surface area (Å²) < 4.78 is 16.7. The number of ether oxygens (including phenoxy) is 3. The number of benzene rings is 2. The molecule has 10 nitrogen and oxygen atoms in total. The molecule has 33 heavy (non-hydrogen) atoms. The lowest BCUT2D eigenvalue weighted by Gasteiger charge is -2.27. The molecule has 0 unspecified atom stereocenters. The minimum Gasteiger partial charge on any atom is -0.493 e. The summed E-state index contributed by atoms with van der Waals surface area (Å²) in [5.41, 5.74) is 1.17. The predicted octanol–water partition coefficient (Wildman–Crippen LogP) is 4.38. The summed E-state index contributed by atoms with van der Waals surface area (Å²) in [5.74, 6) is 3.25. The van der Waals surface area contributed by atoms with Crippen LogP contribution in [0.25, 0.3) is 11.4 Å². The molecule has 0 spiro atoms. The summed E-state index contributed by atoms with van der Waals surface area (Å²) in [6.07, 6.45) is 4.27. The van der Waals surface area contributed by atoms with E-state index in [1.165, 1.54) is 0 Å². The maximum Gasteiger partial charge on any atom is 0.319 e. The Balaban J connectivity index is 1.52. The third-order valence-corrected chi connectivity index (χ3v) is 5.76. The number of hydrogen-bond acceptors (Lipinski definition) is 7. The molecule has 4 rings (SSSR count). The summed E-state index contributed by atoms with van der Waals surface area (Å²) in [6.45, 7) is 2.25. The first-order chi connectivity index (χ1) is 16.1. The molecule has 3 N–H and O–H groups in total. The van der Waals surface area contributed by atoms with E-state index in [9.17, 15) is 4.79 Å². The number of hydrogen-bond donors (Lipinski definition) is 3. The highest BCUT2D eigenvalue weighted by Crippen LogP contribution is 2.37. The summed E-state index contributed by atoms with van der Waals surface area (Å²) in [6, 6.07) is 10.5. The number of nitrogens with one attached hydrogen (secondary N) is 3. The van der Waals surface area contributed by atoms with Crippen molar-refractivity contribution in [1.82, 2.24) is 25.9 Å². The number of H-pyrrole nitrogens is 1. The quantitative estimate of drug-likeness (QED) is 0.486. The molecule has 174 valence electrons. The fraction of sp³-hybridized carbons (Fsp3) is 0.391. The van der Waals surface area contributed by atoms with E-state index in [2.05, 4.69) is 38.2 Å². The largest absolute Gasteiger partial charge is 0.493 e. The molecule has 0 aliphatic heterocycles. The van der Waals surface area contributed by atoms with E-state index in [4.69, 9.17) is 14.2 Å². The molecule has 1 heterocycles. The number of methoxy groups -OCH3 is 2. The van der Waals surface area contributed by atoms with Crippen molar-refractivity contribution >= 4 is 11.7 Å². The number of amides is 2. The minimum absolute atomic E-state index is 0.200. The first-order valence-corrected chi connectivity index (χ1v) is 10.9. The molecule has 2 aromatic carbocycles. The summed E-state index contributed by atoms with van der Waals surface area (Å²) in [5, 5.41) is 20.2. The van der Waals surface area contributed by atoms with E-state index in [0.717, 1.165) is 31.6 Å². The second-order valence-electron chi connectivity index (χ2n) is 8.12. The molecule has 0 saturated heterocycles. The number of urea groups is 1. The fourth-order valence-electron chi connectivity index (χ4n) is 3.91.